The lowest BCUT2D eigenvalue weighted by molar-refractivity contribution is -0.118. The summed E-state index contributed by atoms with van der Waals surface area (Å²) >= 11 is 6.87. The van der Waals surface area contributed by atoms with Crippen LogP contribution in [0.5, 0.6) is 0 Å². The van der Waals surface area contributed by atoms with Crippen molar-refractivity contribution in [2.75, 3.05) is 5.32 Å². The van der Waals surface area contributed by atoms with Gasteiger partial charge in [0, 0.05) is 5.69 Å². The number of H-pyrrole nitrogens is 1. The molecule has 0 saturated heterocycles. The molecule has 0 saturated carbocycles. The zero-order valence-electron chi connectivity index (χ0n) is 13.7. The minimum absolute atomic E-state index is 0.131. The molecule has 1 atom stereocenters. The van der Waals surface area contributed by atoms with E-state index in [0.29, 0.717) is 10.6 Å². The van der Waals surface area contributed by atoms with Crippen LogP contribution in [0.25, 0.3) is 10.7 Å². The number of hydrogen-bond donors (Lipinski definition) is 2. The zero-order valence-corrected chi connectivity index (χ0v) is 15.3. The third kappa shape index (κ3) is 3.18. The minimum Gasteiger partial charge on any atom is -0.324 e. The summed E-state index contributed by atoms with van der Waals surface area (Å²) in [5.74, 6) is 0.547. The Morgan fingerprint density at radius 1 is 1.33 bits per heavy atom. The molecule has 2 N–H and O–H groups in total. The summed E-state index contributed by atoms with van der Waals surface area (Å²) in [6.45, 7) is 5.88. The summed E-state index contributed by atoms with van der Waals surface area (Å²) in [5, 5.41) is 12.0. The monoisotopic (exact) mass is 358 g/mol. The van der Waals surface area contributed by atoms with Crippen LogP contribution < -0.4 is 5.32 Å². The number of nitrogens with zero attached hydrogens (tertiary/aromatic N) is 2. The van der Waals surface area contributed by atoms with E-state index in [1.807, 2.05) is 56.5 Å². The third-order valence-corrected chi connectivity index (χ3v) is 5.14. The molecule has 24 heavy (non-hydrogen) atoms. The summed E-state index contributed by atoms with van der Waals surface area (Å²) in [4.78, 5) is 13.6. The quantitative estimate of drug-likeness (QED) is 0.676. The first-order valence-corrected chi connectivity index (χ1v) is 8.85. The second kappa shape index (κ2) is 6.70. The number of benzene rings is 1. The highest BCUT2D eigenvalue weighted by atomic mass is 32.1. The summed E-state index contributed by atoms with van der Waals surface area (Å²) in [5.41, 5.74) is 3.11. The van der Waals surface area contributed by atoms with Crippen molar-refractivity contribution in [1.29, 1.82) is 0 Å². The van der Waals surface area contributed by atoms with Crippen LogP contribution in [-0.4, -0.2) is 20.7 Å². The van der Waals surface area contributed by atoms with Crippen LogP contribution in [-0.2, 0) is 4.79 Å². The number of carbonyl (C=O) groups excluding carboxylic acids is 1. The normalized spacial score (nSPS) is 12.1. The van der Waals surface area contributed by atoms with Gasteiger partial charge in [0.25, 0.3) is 0 Å². The molecular weight excluding hydrogens is 340 g/mol. The lowest BCUT2D eigenvalue weighted by Crippen LogP contribution is -2.24. The molecule has 1 unspecified atom stereocenters. The molecule has 3 aromatic rings. The second-order valence-corrected chi connectivity index (χ2v) is 7.00. The van der Waals surface area contributed by atoms with Crippen molar-refractivity contribution in [3.8, 4) is 10.7 Å². The Balaban J connectivity index is 1.88. The van der Waals surface area contributed by atoms with Gasteiger partial charge in [-0.25, -0.2) is 0 Å². The average molecular weight is 358 g/mol. The maximum atomic E-state index is 12.7. The molecule has 3 rings (SSSR count). The molecular formula is C17H18N4OS2. The Bertz CT molecular complexity index is 924. The molecule has 0 aliphatic rings. The maximum absolute atomic E-state index is 12.7. The van der Waals surface area contributed by atoms with E-state index in [1.165, 1.54) is 5.56 Å². The highest BCUT2D eigenvalue weighted by Crippen LogP contribution is 2.26. The largest absolute Gasteiger partial charge is 0.324 e. The molecule has 0 spiro atoms. The van der Waals surface area contributed by atoms with Gasteiger partial charge in [0.2, 0.25) is 5.91 Å². The Morgan fingerprint density at radius 2 is 2.12 bits per heavy atom. The van der Waals surface area contributed by atoms with E-state index in [2.05, 4.69) is 15.5 Å². The minimum atomic E-state index is -0.477. The van der Waals surface area contributed by atoms with Gasteiger partial charge in [0.15, 0.2) is 10.6 Å². The van der Waals surface area contributed by atoms with E-state index in [0.717, 1.165) is 16.1 Å². The van der Waals surface area contributed by atoms with Gasteiger partial charge in [-0.1, -0.05) is 12.1 Å². The number of amides is 1. The lowest BCUT2D eigenvalue weighted by atomic mass is 10.1. The fraction of sp³-hybridized carbons (Fsp3) is 0.235. The summed E-state index contributed by atoms with van der Waals surface area (Å²) in [7, 11) is 0. The van der Waals surface area contributed by atoms with Gasteiger partial charge < -0.3 is 5.32 Å². The third-order valence-electron chi connectivity index (χ3n) is 3.99. The molecule has 1 amide bonds. The van der Waals surface area contributed by atoms with Crippen LogP contribution in [0.4, 0.5) is 5.69 Å². The summed E-state index contributed by atoms with van der Waals surface area (Å²) in [6, 6.07) is 9.30. The molecule has 1 aromatic carbocycles. The van der Waals surface area contributed by atoms with Crippen LogP contribution in [0.2, 0.25) is 0 Å². The van der Waals surface area contributed by atoms with Crippen LogP contribution in [0.15, 0.2) is 35.7 Å². The van der Waals surface area contributed by atoms with Crippen LogP contribution in [0.1, 0.15) is 24.1 Å². The number of aryl methyl sites for hydroxylation is 2. The van der Waals surface area contributed by atoms with Crippen LogP contribution in [0.3, 0.4) is 0 Å². The van der Waals surface area contributed by atoms with Crippen LogP contribution >= 0.6 is 23.6 Å². The van der Waals surface area contributed by atoms with Crippen molar-refractivity contribution in [3.63, 3.8) is 0 Å². The molecule has 0 fully saturated rings. The number of thiophene rings is 1. The van der Waals surface area contributed by atoms with Gasteiger partial charge in [-0.2, -0.15) is 5.10 Å². The molecule has 2 aromatic heterocycles. The fourth-order valence-corrected chi connectivity index (χ4v) is 3.43. The lowest BCUT2D eigenvalue weighted by Gasteiger charge is -2.16. The van der Waals surface area contributed by atoms with E-state index in [1.54, 1.807) is 15.9 Å². The highest BCUT2D eigenvalue weighted by Gasteiger charge is 2.21. The first-order chi connectivity index (χ1) is 11.5. The molecule has 0 aliphatic heterocycles. The molecule has 0 radical (unpaired) electrons. The SMILES string of the molecule is Cc1ccc(NC(=O)C(C)n2c(-c3cccs3)n[nH]c2=S)cc1C. The maximum Gasteiger partial charge on any atom is 0.247 e. The summed E-state index contributed by atoms with van der Waals surface area (Å²) in [6.07, 6.45) is 0. The van der Waals surface area contributed by atoms with Gasteiger partial charge in [-0.15, -0.1) is 11.3 Å². The Hall–Kier alpha value is -2.25. The number of aromatic amines is 1. The molecule has 0 aliphatic carbocycles. The second-order valence-electron chi connectivity index (χ2n) is 5.66. The van der Waals surface area contributed by atoms with E-state index >= 15 is 0 Å². The first-order valence-electron chi connectivity index (χ1n) is 7.56. The zero-order chi connectivity index (χ0) is 17.3. The Kier molecular flexibility index (Phi) is 4.64. The Labute approximate surface area is 149 Å². The van der Waals surface area contributed by atoms with Gasteiger partial charge in [-0.3, -0.25) is 14.5 Å². The van der Waals surface area contributed by atoms with E-state index in [4.69, 9.17) is 12.2 Å². The number of anilines is 1. The molecule has 5 nitrogen and oxygen atoms in total. The molecule has 124 valence electrons. The van der Waals surface area contributed by atoms with Crippen molar-refractivity contribution in [3.05, 3.63) is 51.6 Å². The number of aromatic nitrogens is 3. The standard InChI is InChI=1S/C17H18N4OS2/c1-10-6-7-13(9-11(10)2)18-16(22)12(3)21-15(19-20-17(21)23)14-5-4-8-24-14/h4-9,12H,1-3H3,(H,18,22)(H,20,23). The Morgan fingerprint density at radius 3 is 2.79 bits per heavy atom. The first kappa shape index (κ1) is 16.6. The van der Waals surface area contributed by atoms with Gasteiger partial charge in [0.05, 0.1) is 4.88 Å². The number of rotatable bonds is 4. The highest BCUT2D eigenvalue weighted by molar-refractivity contribution is 7.71. The fourth-order valence-electron chi connectivity index (χ4n) is 2.43. The average Bonchev–Trinajstić information content (AvgIpc) is 3.19. The van der Waals surface area contributed by atoms with Crippen molar-refractivity contribution in [1.82, 2.24) is 14.8 Å². The van der Waals surface area contributed by atoms with Gasteiger partial charge in [-0.05, 0) is 67.7 Å². The van der Waals surface area contributed by atoms with Crippen molar-refractivity contribution in [2.45, 2.75) is 26.8 Å². The topological polar surface area (TPSA) is 62.7 Å². The van der Waals surface area contributed by atoms with E-state index in [9.17, 15) is 4.79 Å². The van der Waals surface area contributed by atoms with Gasteiger partial charge in [0.1, 0.15) is 6.04 Å². The van der Waals surface area contributed by atoms with Gasteiger partial charge >= 0.3 is 0 Å². The van der Waals surface area contributed by atoms with Crippen LogP contribution in [0, 0.1) is 18.6 Å². The van der Waals surface area contributed by atoms with E-state index < -0.39 is 6.04 Å². The number of nitrogens with one attached hydrogen (secondary N) is 2. The van der Waals surface area contributed by atoms with Crippen molar-refractivity contribution < 1.29 is 4.79 Å². The van der Waals surface area contributed by atoms with Crippen molar-refractivity contribution >= 4 is 35.1 Å². The number of carbonyl (C=O) groups is 1. The molecule has 7 heteroatoms. The predicted octanol–water partition coefficient (Wildman–Crippen LogP) is 4.49. The summed E-state index contributed by atoms with van der Waals surface area (Å²) < 4.78 is 2.18. The molecule has 0 bridgehead atoms. The predicted molar refractivity (Wildman–Crippen MR) is 100.0 cm³/mol. The van der Waals surface area contributed by atoms with E-state index in [-0.39, 0.29) is 5.91 Å². The smallest absolute Gasteiger partial charge is 0.247 e. The van der Waals surface area contributed by atoms with Crippen molar-refractivity contribution in [2.24, 2.45) is 0 Å². The number of hydrogen-bond acceptors (Lipinski definition) is 4. The molecule has 2 heterocycles.